The summed E-state index contributed by atoms with van der Waals surface area (Å²) >= 11 is 0. The van der Waals surface area contributed by atoms with Gasteiger partial charge in [-0.25, -0.2) is 0 Å². The van der Waals surface area contributed by atoms with Crippen LogP contribution >= 0.6 is 0 Å². The molecular formula is C15H25NO2. The van der Waals surface area contributed by atoms with Gasteiger partial charge in [0.15, 0.2) is 0 Å². The Bertz CT molecular complexity index is 352. The molecular weight excluding hydrogens is 226 g/mol. The van der Waals surface area contributed by atoms with Crippen LogP contribution in [0.2, 0.25) is 0 Å². The summed E-state index contributed by atoms with van der Waals surface area (Å²) in [5, 5.41) is 12.3. The van der Waals surface area contributed by atoms with Crippen molar-refractivity contribution in [2.45, 2.75) is 33.2 Å². The SMILES string of the molecule is COc1ccc(CNCCCC(C)CO)cc1C. The molecule has 0 saturated carbocycles. The average molecular weight is 251 g/mol. The van der Waals surface area contributed by atoms with Crippen LogP contribution in [0.4, 0.5) is 0 Å². The van der Waals surface area contributed by atoms with Crippen LogP contribution in [0.15, 0.2) is 18.2 Å². The monoisotopic (exact) mass is 251 g/mol. The molecule has 3 nitrogen and oxygen atoms in total. The highest BCUT2D eigenvalue weighted by Crippen LogP contribution is 2.18. The van der Waals surface area contributed by atoms with Crippen molar-refractivity contribution >= 4 is 0 Å². The highest BCUT2D eigenvalue weighted by molar-refractivity contribution is 5.36. The zero-order valence-electron chi connectivity index (χ0n) is 11.7. The molecule has 1 aromatic carbocycles. The lowest BCUT2D eigenvalue weighted by molar-refractivity contribution is 0.228. The van der Waals surface area contributed by atoms with Crippen LogP contribution in [0.5, 0.6) is 5.75 Å². The minimum atomic E-state index is 0.289. The van der Waals surface area contributed by atoms with E-state index in [9.17, 15) is 0 Å². The topological polar surface area (TPSA) is 41.5 Å². The van der Waals surface area contributed by atoms with Crippen molar-refractivity contribution in [1.82, 2.24) is 5.32 Å². The average Bonchev–Trinajstić information content (AvgIpc) is 2.38. The van der Waals surface area contributed by atoms with Gasteiger partial charge in [-0.05, 0) is 49.4 Å². The molecule has 0 saturated heterocycles. The van der Waals surface area contributed by atoms with Crippen molar-refractivity contribution in [3.8, 4) is 5.75 Å². The second-order valence-electron chi connectivity index (χ2n) is 4.91. The molecule has 0 heterocycles. The Hall–Kier alpha value is -1.06. The summed E-state index contributed by atoms with van der Waals surface area (Å²) in [4.78, 5) is 0. The Labute approximate surface area is 110 Å². The van der Waals surface area contributed by atoms with Gasteiger partial charge in [0.1, 0.15) is 5.75 Å². The summed E-state index contributed by atoms with van der Waals surface area (Å²) < 4.78 is 5.24. The normalized spacial score (nSPS) is 12.4. The van der Waals surface area contributed by atoms with Gasteiger partial charge in [0.2, 0.25) is 0 Å². The Balaban J connectivity index is 2.25. The highest BCUT2D eigenvalue weighted by atomic mass is 16.5. The van der Waals surface area contributed by atoms with E-state index in [1.54, 1.807) is 7.11 Å². The molecule has 1 rings (SSSR count). The van der Waals surface area contributed by atoms with Crippen LogP contribution < -0.4 is 10.1 Å². The molecule has 0 aliphatic rings. The summed E-state index contributed by atoms with van der Waals surface area (Å²) in [6, 6.07) is 6.26. The fraction of sp³-hybridized carbons (Fsp3) is 0.600. The zero-order chi connectivity index (χ0) is 13.4. The van der Waals surface area contributed by atoms with E-state index in [0.717, 1.165) is 31.7 Å². The number of rotatable bonds is 8. The van der Waals surface area contributed by atoms with Crippen LogP contribution in [0, 0.1) is 12.8 Å². The molecule has 0 amide bonds. The van der Waals surface area contributed by atoms with Crippen molar-refractivity contribution in [3.63, 3.8) is 0 Å². The minimum absolute atomic E-state index is 0.289. The highest BCUT2D eigenvalue weighted by Gasteiger charge is 2.01. The molecule has 1 aromatic rings. The van der Waals surface area contributed by atoms with Crippen molar-refractivity contribution in [1.29, 1.82) is 0 Å². The number of aryl methyl sites for hydroxylation is 1. The molecule has 102 valence electrons. The lowest BCUT2D eigenvalue weighted by atomic mass is 10.1. The van der Waals surface area contributed by atoms with Crippen molar-refractivity contribution in [3.05, 3.63) is 29.3 Å². The Kier molecular flexibility index (Phi) is 6.76. The maximum Gasteiger partial charge on any atom is 0.121 e. The van der Waals surface area contributed by atoms with Gasteiger partial charge in [0.25, 0.3) is 0 Å². The van der Waals surface area contributed by atoms with Gasteiger partial charge in [-0.2, -0.15) is 0 Å². The van der Waals surface area contributed by atoms with E-state index >= 15 is 0 Å². The van der Waals surface area contributed by atoms with Gasteiger partial charge in [-0.3, -0.25) is 0 Å². The molecule has 0 bridgehead atoms. The summed E-state index contributed by atoms with van der Waals surface area (Å²) in [5.74, 6) is 1.35. The first kappa shape index (κ1) is 15.0. The molecule has 0 spiro atoms. The number of hydrogen-bond donors (Lipinski definition) is 2. The first-order valence-corrected chi connectivity index (χ1v) is 6.62. The molecule has 3 heteroatoms. The predicted octanol–water partition coefficient (Wildman–Crippen LogP) is 2.50. The van der Waals surface area contributed by atoms with Crippen LogP contribution in [0.1, 0.15) is 30.9 Å². The Morgan fingerprint density at radius 2 is 2.17 bits per heavy atom. The van der Waals surface area contributed by atoms with Gasteiger partial charge in [-0.15, -0.1) is 0 Å². The smallest absolute Gasteiger partial charge is 0.121 e. The van der Waals surface area contributed by atoms with Gasteiger partial charge >= 0.3 is 0 Å². The number of nitrogens with one attached hydrogen (secondary N) is 1. The maximum atomic E-state index is 8.92. The van der Waals surface area contributed by atoms with Gasteiger partial charge in [-0.1, -0.05) is 19.1 Å². The maximum absolute atomic E-state index is 8.92. The second-order valence-corrected chi connectivity index (χ2v) is 4.91. The number of hydrogen-bond acceptors (Lipinski definition) is 3. The molecule has 0 aromatic heterocycles. The van der Waals surface area contributed by atoms with Crippen molar-refractivity contribution in [2.24, 2.45) is 5.92 Å². The molecule has 0 fully saturated rings. The Morgan fingerprint density at radius 3 is 2.78 bits per heavy atom. The zero-order valence-corrected chi connectivity index (χ0v) is 11.7. The van der Waals surface area contributed by atoms with E-state index < -0.39 is 0 Å². The van der Waals surface area contributed by atoms with E-state index in [1.165, 1.54) is 11.1 Å². The van der Waals surface area contributed by atoms with Gasteiger partial charge < -0.3 is 15.2 Å². The van der Waals surface area contributed by atoms with Gasteiger partial charge in [0.05, 0.1) is 7.11 Å². The summed E-state index contributed by atoms with van der Waals surface area (Å²) in [5.41, 5.74) is 2.45. The molecule has 2 N–H and O–H groups in total. The van der Waals surface area contributed by atoms with Gasteiger partial charge in [0, 0.05) is 13.2 Å². The number of aliphatic hydroxyl groups excluding tert-OH is 1. The molecule has 1 unspecified atom stereocenters. The minimum Gasteiger partial charge on any atom is -0.496 e. The van der Waals surface area contributed by atoms with Crippen LogP contribution in [-0.4, -0.2) is 25.4 Å². The molecule has 18 heavy (non-hydrogen) atoms. The van der Waals surface area contributed by atoms with Crippen LogP contribution in [0.3, 0.4) is 0 Å². The molecule has 1 atom stereocenters. The number of aliphatic hydroxyl groups is 1. The first-order chi connectivity index (χ1) is 8.67. The fourth-order valence-corrected chi connectivity index (χ4v) is 1.95. The van der Waals surface area contributed by atoms with Crippen molar-refractivity contribution in [2.75, 3.05) is 20.3 Å². The standard InChI is InChI=1S/C15H25NO2/c1-12(11-17)5-4-8-16-10-14-6-7-15(18-3)13(2)9-14/h6-7,9,12,16-17H,4-5,8,10-11H2,1-3H3. The van der Waals surface area contributed by atoms with E-state index in [0.29, 0.717) is 5.92 Å². The quantitative estimate of drug-likeness (QED) is 0.698. The summed E-state index contributed by atoms with van der Waals surface area (Å²) in [7, 11) is 1.70. The summed E-state index contributed by atoms with van der Waals surface area (Å²) in [6.45, 7) is 6.31. The first-order valence-electron chi connectivity index (χ1n) is 6.62. The summed E-state index contributed by atoms with van der Waals surface area (Å²) in [6.07, 6.45) is 2.18. The molecule has 0 aliphatic heterocycles. The third kappa shape index (κ3) is 5.07. The van der Waals surface area contributed by atoms with E-state index in [1.807, 2.05) is 6.07 Å². The third-order valence-corrected chi connectivity index (χ3v) is 3.15. The number of ether oxygens (including phenoxy) is 1. The van der Waals surface area contributed by atoms with E-state index in [2.05, 4.69) is 31.3 Å². The molecule has 0 radical (unpaired) electrons. The molecule has 0 aliphatic carbocycles. The van der Waals surface area contributed by atoms with Crippen molar-refractivity contribution < 1.29 is 9.84 Å². The van der Waals surface area contributed by atoms with Crippen LogP contribution in [0.25, 0.3) is 0 Å². The lowest BCUT2D eigenvalue weighted by Crippen LogP contribution is -2.16. The lowest BCUT2D eigenvalue weighted by Gasteiger charge is -2.10. The third-order valence-electron chi connectivity index (χ3n) is 3.15. The largest absolute Gasteiger partial charge is 0.496 e. The van der Waals surface area contributed by atoms with E-state index in [4.69, 9.17) is 9.84 Å². The predicted molar refractivity (Wildman–Crippen MR) is 74.9 cm³/mol. The number of benzene rings is 1. The fourth-order valence-electron chi connectivity index (χ4n) is 1.95. The van der Waals surface area contributed by atoms with Crippen LogP contribution in [-0.2, 0) is 6.54 Å². The Morgan fingerprint density at radius 1 is 1.39 bits per heavy atom. The van der Waals surface area contributed by atoms with E-state index in [-0.39, 0.29) is 6.61 Å². The number of methoxy groups -OCH3 is 1. The second kappa shape index (κ2) is 8.11.